The van der Waals surface area contributed by atoms with E-state index in [9.17, 15) is 0 Å². The lowest BCUT2D eigenvalue weighted by molar-refractivity contribution is 0.436. The molecule has 2 aromatic heterocycles. The summed E-state index contributed by atoms with van der Waals surface area (Å²) >= 11 is 0. The van der Waals surface area contributed by atoms with E-state index < -0.39 is 5.41 Å². The molecular weight excluding hydrogens is 999 g/mol. The van der Waals surface area contributed by atoms with E-state index in [0.29, 0.717) is 23.3 Å². The normalized spacial score (nSPS) is 15.0. The van der Waals surface area contributed by atoms with Crippen molar-refractivity contribution in [1.82, 2.24) is 24.9 Å². The molecule has 4 aliphatic carbocycles. The maximum atomic E-state index is 6.80. The first kappa shape index (κ1) is 46.2. The molecule has 1 spiro atoms. The van der Waals surface area contributed by atoms with Gasteiger partial charge in [-0.15, -0.1) is 0 Å². The van der Waals surface area contributed by atoms with Crippen LogP contribution in [0, 0.1) is 0 Å². The van der Waals surface area contributed by atoms with Crippen LogP contribution >= 0.6 is 0 Å². The number of aromatic nitrogens is 5. The molecule has 0 amide bonds. The van der Waals surface area contributed by atoms with Crippen molar-refractivity contribution < 1.29 is 4.74 Å². The fourth-order valence-electron chi connectivity index (χ4n) is 13.8. The molecule has 0 fully saturated rings. The summed E-state index contributed by atoms with van der Waals surface area (Å²) in [5, 5.41) is 0. The molecule has 2 atom stereocenters. The Morgan fingerprint density at radius 3 is 1.24 bits per heavy atom. The average Bonchev–Trinajstić information content (AvgIpc) is 1.73. The molecule has 6 heteroatoms. The lowest BCUT2D eigenvalue weighted by Gasteiger charge is -2.42. The standard InChI is InChI=1S/C76H47N5O/c1-4-19-46(20-5-1)72-77-66(51-26-18-25-49(41-51)50-37-40-69-65(44-50)76(64-33-16-17-34-68(64)82-69)62-31-14-12-27-54(62)55-28-13-15-32-63(55)76)45-67(78-72)52-35-38-58-60(42-52)70-56-29-10-11-30-57(56)71(58)61-43-53(36-39-59(61)70)75-80-73(47-21-6-2-7-22-47)79-74(81-75)48-23-8-3-9-24-48/h1-45,70-71H. The minimum absolute atomic E-state index is 0.0192. The van der Waals surface area contributed by atoms with Crippen molar-refractivity contribution in [3.63, 3.8) is 0 Å². The van der Waals surface area contributed by atoms with Crippen molar-refractivity contribution in [2.75, 3.05) is 0 Å². The van der Waals surface area contributed by atoms with Gasteiger partial charge < -0.3 is 4.74 Å². The van der Waals surface area contributed by atoms with Crippen LogP contribution in [0.25, 0.3) is 90.3 Å². The molecule has 0 saturated heterocycles. The molecule has 18 rings (SSSR count). The SMILES string of the molecule is c1ccc(-c2nc(-c3cccc(-c4ccc5c(c4)C4(c6ccccc6O5)c5ccccc5-c5ccccc54)c3)cc(-c3ccc4c(c3)C3c5ccccc5C4c4cc(-c5nc(-c6ccccc6)nc(-c6ccccc6)n5)ccc43)n2)cc1. The highest BCUT2D eigenvalue weighted by Crippen LogP contribution is 2.63. The molecule has 0 N–H and O–H groups in total. The summed E-state index contributed by atoms with van der Waals surface area (Å²) < 4.78 is 6.80. The lowest BCUT2D eigenvalue weighted by Crippen LogP contribution is -2.32. The molecule has 2 unspecified atom stereocenters. The van der Waals surface area contributed by atoms with Crippen molar-refractivity contribution in [2.24, 2.45) is 0 Å². The van der Waals surface area contributed by atoms with Crippen molar-refractivity contribution in [2.45, 2.75) is 17.3 Å². The van der Waals surface area contributed by atoms with E-state index in [1.807, 2.05) is 42.5 Å². The number of para-hydroxylation sites is 1. The minimum Gasteiger partial charge on any atom is -0.457 e. The van der Waals surface area contributed by atoms with Gasteiger partial charge in [0.1, 0.15) is 11.5 Å². The fraction of sp³-hybridized carbons (Fsp3) is 0.0395. The van der Waals surface area contributed by atoms with Crippen LogP contribution in [-0.4, -0.2) is 24.9 Å². The van der Waals surface area contributed by atoms with Crippen LogP contribution in [0.4, 0.5) is 0 Å². The number of rotatable bonds is 7. The Hall–Kier alpha value is -10.7. The second kappa shape index (κ2) is 18.2. The predicted molar refractivity (Wildman–Crippen MR) is 326 cm³/mol. The van der Waals surface area contributed by atoms with Gasteiger partial charge in [0.05, 0.1) is 16.8 Å². The van der Waals surface area contributed by atoms with E-state index in [0.717, 1.165) is 78.5 Å². The minimum atomic E-state index is -0.561. The Morgan fingerprint density at radius 1 is 0.244 bits per heavy atom. The average molecular weight is 1050 g/mol. The molecule has 2 bridgehead atoms. The largest absolute Gasteiger partial charge is 0.457 e. The van der Waals surface area contributed by atoms with Gasteiger partial charge in [-0.05, 0) is 109 Å². The van der Waals surface area contributed by atoms with Crippen molar-refractivity contribution in [3.05, 3.63) is 329 Å². The maximum Gasteiger partial charge on any atom is 0.164 e. The fourth-order valence-corrected chi connectivity index (χ4v) is 13.8. The molecule has 0 saturated carbocycles. The predicted octanol–water partition coefficient (Wildman–Crippen LogP) is 17.8. The van der Waals surface area contributed by atoms with Gasteiger partial charge in [-0.3, -0.25) is 0 Å². The Labute approximate surface area is 474 Å². The number of fused-ring (bicyclic) bond motifs is 9. The topological polar surface area (TPSA) is 73.7 Å². The molecule has 382 valence electrons. The quantitative estimate of drug-likeness (QED) is 0.158. The summed E-state index contributed by atoms with van der Waals surface area (Å²) in [5.74, 6) is 4.41. The lowest BCUT2D eigenvalue weighted by atomic mass is 9.60. The van der Waals surface area contributed by atoms with Gasteiger partial charge >= 0.3 is 0 Å². The second-order valence-corrected chi connectivity index (χ2v) is 21.8. The van der Waals surface area contributed by atoms with Gasteiger partial charge in [0.25, 0.3) is 0 Å². The Bertz CT molecular complexity index is 4640. The van der Waals surface area contributed by atoms with E-state index in [1.54, 1.807) is 0 Å². The van der Waals surface area contributed by atoms with Crippen molar-refractivity contribution in [3.8, 4) is 102 Å². The first-order valence-electron chi connectivity index (χ1n) is 28.0. The zero-order chi connectivity index (χ0) is 53.9. The van der Waals surface area contributed by atoms with Crippen molar-refractivity contribution >= 4 is 0 Å². The van der Waals surface area contributed by atoms with Gasteiger partial charge in [0.2, 0.25) is 0 Å². The highest BCUT2D eigenvalue weighted by Gasteiger charge is 2.51. The molecule has 13 aromatic rings. The Balaban J connectivity index is 0.771. The number of hydrogen-bond acceptors (Lipinski definition) is 6. The zero-order valence-corrected chi connectivity index (χ0v) is 44.3. The molecule has 5 aliphatic rings. The van der Waals surface area contributed by atoms with Gasteiger partial charge in [-0.1, -0.05) is 231 Å². The van der Waals surface area contributed by atoms with Crippen LogP contribution in [-0.2, 0) is 5.41 Å². The number of ether oxygens (including phenoxy) is 1. The van der Waals surface area contributed by atoms with E-state index in [-0.39, 0.29) is 11.8 Å². The number of nitrogens with zero attached hydrogens (tertiary/aromatic N) is 5. The molecule has 6 nitrogen and oxygen atoms in total. The van der Waals surface area contributed by atoms with Gasteiger partial charge in [-0.25, -0.2) is 24.9 Å². The molecule has 11 aromatic carbocycles. The van der Waals surface area contributed by atoms with Crippen LogP contribution < -0.4 is 4.74 Å². The molecule has 82 heavy (non-hydrogen) atoms. The van der Waals surface area contributed by atoms with Crippen LogP contribution in [0.1, 0.15) is 67.5 Å². The summed E-state index contributed by atoms with van der Waals surface area (Å²) in [6, 6.07) is 97.5. The highest BCUT2D eigenvalue weighted by molar-refractivity contribution is 5.90. The molecule has 0 radical (unpaired) electrons. The van der Waals surface area contributed by atoms with Gasteiger partial charge in [-0.2, -0.15) is 0 Å². The smallest absolute Gasteiger partial charge is 0.164 e. The van der Waals surface area contributed by atoms with Gasteiger partial charge in [0, 0.05) is 56.3 Å². The molecule has 3 heterocycles. The first-order chi connectivity index (χ1) is 40.6. The number of benzene rings is 11. The van der Waals surface area contributed by atoms with Crippen LogP contribution in [0.15, 0.2) is 273 Å². The Morgan fingerprint density at radius 2 is 0.646 bits per heavy atom. The third-order valence-electron chi connectivity index (χ3n) is 17.4. The molecule has 1 aliphatic heterocycles. The third-order valence-corrected chi connectivity index (χ3v) is 17.4. The summed E-state index contributed by atoms with van der Waals surface area (Å²) in [5.41, 5.74) is 24.4. The monoisotopic (exact) mass is 1050 g/mol. The highest BCUT2D eigenvalue weighted by atomic mass is 16.5. The zero-order valence-electron chi connectivity index (χ0n) is 44.3. The first-order valence-corrected chi connectivity index (χ1v) is 28.0. The number of hydrogen-bond donors (Lipinski definition) is 0. The van der Waals surface area contributed by atoms with Crippen LogP contribution in [0.5, 0.6) is 11.5 Å². The van der Waals surface area contributed by atoms with Crippen LogP contribution in [0.3, 0.4) is 0 Å². The maximum absolute atomic E-state index is 6.80. The third kappa shape index (κ3) is 7.04. The molecular formula is C76H47N5O. The van der Waals surface area contributed by atoms with E-state index in [2.05, 4.69) is 231 Å². The van der Waals surface area contributed by atoms with Gasteiger partial charge in [0.15, 0.2) is 23.3 Å². The second-order valence-electron chi connectivity index (χ2n) is 21.8. The Kier molecular flexibility index (Phi) is 10.3. The summed E-state index contributed by atoms with van der Waals surface area (Å²) in [6.07, 6.45) is 0. The van der Waals surface area contributed by atoms with E-state index in [4.69, 9.17) is 29.7 Å². The van der Waals surface area contributed by atoms with E-state index in [1.165, 1.54) is 55.6 Å². The summed E-state index contributed by atoms with van der Waals surface area (Å²) in [4.78, 5) is 26.0. The van der Waals surface area contributed by atoms with Crippen LogP contribution in [0.2, 0.25) is 0 Å². The van der Waals surface area contributed by atoms with Crippen molar-refractivity contribution in [1.29, 1.82) is 0 Å². The van der Waals surface area contributed by atoms with E-state index >= 15 is 0 Å². The summed E-state index contributed by atoms with van der Waals surface area (Å²) in [6.45, 7) is 0. The summed E-state index contributed by atoms with van der Waals surface area (Å²) in [7, 11) is 0.